The highest BCUT2D eigenvalue weighted by molar-refractivity contribution is 6.33. The third kappa shape index (κ3) is 7.13. The summed E-state index contributed by atoms with van der Waals surface area (Å²) in [6, 6.07) is 19.0. The van der Waals surface area contributed by atoms with E-state index >= 15 is 0 Å². The minimum Gasteiger partial charge on any atom is -0.352 e. The second-order valence-corrected chi connectivity index (χ2v) is 10.1. The van der Waals surface area contributed by atoms with Crippen molar-refractivity contribution in [2.45, 2.75) is 20.8 Å². The van der Waals surface area contributed by atoms with Crippen LogP contribution in [0.15, 0.2) is 60.7 Å². The van der Waals surface area contributed by atoms with Crippen LogP contribution in [0.5, 0.6) is 0 Å². The number of carbonyl (C=O) groups is 2. The lowest BCUT2D eigenvalue weighted by atomic mass is 10.1. The van der Waals surface area contributed by atoms with E-state index in [0.29, 0.717) is 43.3 Å². The molecule has 0 saturated carbocycles. The molecule has 9 heteroatoms. The minimum atomic E-state index is -0.0962. The quantitative estimate of drug-likeness (QED) is 0.377. The predicted octanol–water partition coefficient (Wildman–Crippen LogP) is 4.24. The SMILES string of the molecule is CCN(CC)CCN(CC(=O)N1CCN(c2ccc(-c3ccccc3Cl)nn2)CC1)C(=O)c1ccccc1C. The molecule has 0 spiro atoms. The molecule has 8 nitrogen and oxygen atoms in total. The summed E-state index contributed by atoms with van der Waals surface area (Å²) in [6.07, 6.45) is 0. The molecule has 0 atom stereocenters. The predicted molar refractivity (Wildman–Crippen MR) is 156 cm³/mol. The number of aryl methyl sites for hydroxylation is 1. The molecule has 0 bridgehead atoms. The van der Waals surface area contributed by atoms with Gasteiger partial charge in [0.25, 0.3) is 5.91 Å². The van der Waals surface area contributed by atoms with Gasteiger partial charge in [-0.05, 0) is 49.8 Å². The summed E-state index contributed by atoms with van der Waals surface area (Å²) >= 11 is 6.30. The van der Waals surface area contributed by atoms with Gasteiger partial charge in [-0.2, -0.15) is 0 Å². The van der Waals surface area contributed by atoms with Gasteiger partial charge < -0.3 is 19.6 Å². The molecule has 1 aromatic heterocycles. The van der Waals surface area contributed by atoms with E-state index in [-0.39, 0.29) is 18.4 Å². The highest BCUT2D eigenvalue weighted by Gasteiger charge is 2.26. The molecule has 39 heavy (non-hydrogen) atoms. The molecule has 0 unspecified atom stereocenters. The van der Waals surface area contributed by atoms with Gasteiger partial charge in [-0.25, -0.2) is 0 Å². The Hall–Kier alpha value is -3.49. The first-order valence-corrected chi connectivity index (χ1v) is 14.0. The van der Waals surface area contributed by atoms with Crippen molar-refractivity contribution in [1.82, 2.24) is 24.9 Å². The zero-order valence-electron chi connectivity index (χ0n) is 23.0. The number of carbonyl (C=O) groups excluding carboxylic acids is 2. The van der Waals surface area contributed by atoms with Crippen LogP contribution in [0.1, 0.15) is 29.8 Å². The molecule has 0 radical (unpaired) electrons. The molecule has 1 aliphatic heterocycles. The number of rotatable bonds is 10. The molecule has 4 rings (SSSR count). The topological polar surface area (TPSA) is 72.9 Å². The van der Waals surface area contributed by atoms with Crippen molar-refractivity contribution in [1.29, 1.82) is 0 Å². The first-order valence-electron chi connectivity index (χ1n) is 13.6. The Kier molecular flexibility index (Phi) is 9.90. The van der Waals surface area contributed by atoms with Crippen molar-refractivity contribution in [3.05, 3.63) is 76.8 Å². The lowest BCUT2D eigenvalue weighted by molar-refractivity contribution is -0.132. The van der Waals surface area contributed by atoms with Crippen LogP contribution in [-0.4, -0.2) is 95.6 Å². The summed E-state index contributed by atoms with van der Waals surface area (Å²) in [4.78, 5) is 34.8. The molecule has 206 valence electrons. The number of amides is 2. The summed E-state index contributed by atoms with van der Waals surface area (Å²) in [5.74, 6) is 0.644. The molecule has 3 aromatic rings. The second-order valence-electron chi connectivity index (χ2n) is 9.69. The summed E-state index contributed by atoms with van der Waals surface area (Å²) in [6.45, 7) is 11.7. The van der Waals surface area contributed by atoms with Gasteiger partial charge in [0.2, 0.25) is 5.91 Å². The van der Waals surface area contributed by atoms with E-state index in [1.807, 2.05) is 72.5 Å². The fraction of sp³-hybridized carbons (Fsp3) is 0.400. The number of anilines is 1. The van der Waals surface area contributed by atoms with Crippen molar-refractivity contribution < 1.29 is 9.59 Å². The van der Waals surface area contributed by atoms with Crippen LogP contribution in [0.2, 0.25) is 5.02 Å². The maximum absolute atomic E-state index is 13.5. The monoisotopic (exact) mass is 548 g/mol. The lowest BCUT2D eigenvalue weighted by Gasteiger charge is -2.36. The van der Waals surface area contributed by atoms with Gasteiger partial charge in [-0.1, -0.05) is 61.8 Å². The third-order valence-electron chi connectivity index (χ3n) is 7.33. The molecule has 2 amide bonds. The summed E-state index contributed by atoms with van der Waals surface area (Å²) < 4.78 is 0. The van der Waals surface area contributed by atoms with Crippen LogP contribution in [0.25, 0.3) is 11.3 Å². The molecule has 1 saturated heterocycles. The number of aromatic nitrogens is 2. The van der Waals surface area contributed by atoms with Gasteiger partial charge in [-0.15, -0.1) is 10.2 Å². The van der Waals surface area contributed by atoms with Crippen LogP contribution in [-0.2, 0) is 4.79 Å². The molecule has 1 fully saturated rings. The Labute approximate surface area is 236 Å². The van der Waals surface area contributed by atoms with Gasteiger partial charge in [0.15, 0.2) is 5.82 Å². The van der Waals surface area contributed by atoms with Crippen molar-refractivity contribution >= 4 is 29.2 Å². The number of hydrogen-bond donors (Lipinski definition) is 0. The fourth-order valence-corrected chi connectivity index (χ4v) is 5.02. The number of benzene rings is 2. The Morgan fingerprint density at radius 3 is 2.21 bits per heavy atom. The summed E-state index contributed by atoms with van der Waals surface area (Å²) in [5.41, 5.74) is 3.13. The van der Waals surface area contributed by atoms with Crippen molar-refractivity contribution in [3.63, 3.8) is 0 Å². The lowest BCUT2D eigenvalue weighted by Crippen LogP contribution is -2.52. The van der Waals surface area contributed by atoms with Gasteiger partial charge in [-0.3, -0.25) is 9.59 Å². The highest BCUT2D eigenvalue weighted by Crippen LogP contribution is 2.26. The molecular weight excluding hydrogens is 512 g/mol. The molecular formula is C30H37ClN6O2. The van der Waals surface area contributed by atoms with Crippen LogP contribution in [0.3, 0.4) is 0 Å². The number of likely N-dealkylation sites (N-methyl/N-ethyl adjacent to an activating group) is 1. The molecule has 0 N–H and O–H groups in total. The Morgan fingerprint density at radius 2 is 1.56 bits per heavy atom. The van der Waals surface area contributed by atoms with Gasteiger partial charge >= 0.3 is 0 Å². The number of halogens is 1. The fourth-order valence-electron chi connectivity index (χ4n) is 4.79. The summed E-state index contributed by atoms with van der Waals surface area (Å²) in [7, 11) is 0. The molecule has 0 aliphatic carbocycles. The maximum atomic E-state index is 13.5. The van der Waals surface area contributed by atoms with Gasteiger partial charge in [0.05, 0.1) is 10.7 Å². The normalized spacial score (nSPS) is 13.6. The maximum Gasteiger partial charge on any atom is 0.254 e. The van der Waals surface area contributed by atoms with E-state index in [4.69, 9.17) is 11.6 Å². The van der Waals surface area contributed by atoms with E-state index < -0.39 is 0 Å². The van der Waals surface area contributed by atoms with E-state index in [1.54, 1.807) is 4.90 Å². The van der Waals surface area contributed by atoms with Crippen molar-refractivity contribution in [3.8, 4) is 11.3 Å². The molecule has 2 heterocycles. The molecule has 2 aromatic carbocycles. The smallest absolute Gasteiger partial charge is 0.254 e. The Bertz CT molecular complexity index is 1260. The van der Waals surface area contributed by atoms with Gasteiger partial charge in [0.1, 0.15) is 6.54 Å². The first-order chi connectivity index (χ1) is 18.9. The van der Waals surface area contributed by atoms with E-state index in [9.17, 15) is 9.59 Å². The highest BCUT2D eigenvalue weighted by atomic mass is 35.5. The van der Waals surface area contributed by atoms with Gasteiger partial charge in [0, 0.05) is 50.4 Å². The summed E-state index contributed by atoms with van der Waals surface area (Å²) in [5, 5.41) is 9.43. The average Bonchev–Trinajstić information content (AvgIpc) is 2.97. The second kappa shape index (κ2) is 13.5. The van der Waals surface area contributed by atoms with E-state index in [1.165, 1.54) is 0 Å². The van der Waals surface area contributed by atoms with Crippen LogP contribution in [0, 0.1) is 6.92 Å². The van der Waals surface area contributed by atoms with E-state index in [2.05, 4.69) is 33.8 Å². The van der Waals surface area contributed by atoms with Crippen molar-refractivity contribution in [2.24, 2.45) is 0 Å². The standard InChI is InChI=1S/C30H37ClN6O2/c1-4-34(5-2)16-17-37(30(39)24-11-7-6-10-23(24)3)22-29(38)36-20-18-35(19-21-36)28-15-14-27(32-33-28)25-12-8-9-13-26(25)31/h6-15H,4-5,16-22H2,1-3H3. The van der Waals surface area contributed by atoms with Crippen LogP contribution < -0.4 is 4.90 Å². The number of hydrogen-bond acceptors (Lipinski definition) is 6. The zero-order valence-corrected chi connectivity index (χ0v) is 23.8. The van der Waals surface area contributed by atoms with Crippen molar-refractivity contribution in [2.75, 3.05) is 63.8 Å². The third-order valence-corrected chi connectivity index (χ3v) is 7.66. The molecule has 1 aliphatic rings. The minimum absolute atomic E-state index is 0.0312. The van der Waals surface area contributed by atoms with Crippen LogP contribution in [0.4, 0.5) is 5.82 Å². The zero-order chi connectivity index (χ0) is 27.8. The Morgan fingerprint density at radius 1 is 0.872 bits per heavy atom. The van der Waals surface area contributed by atoms with Crippen LogP contribution >= 0.6 is 11.6 Å². The first kappa shape index (κ1) is 28.5. The number of piperazine rings is 1. The van der Waals surface area contributed by atoms with E-state index in [0.717, 1.165) is 42.3 Å². The Balaban J connectivity index is 1.38. The largest absolute Gasteiger partial charge is 0.352 e. The average molecular weight is 549 g/mol. The number of nitrogens with zero attached hydrogens (tertiary/aromatic N) is 6.